The molecule has 0 N–H and O–H groups in total. The van der Waals surface area contributed by atoms with Gasteiger partial charge in [-0.2, -0.15) is 18.2 Å². The van der Waals surface area contributed by atoms with Crippen molar-refractivity contribution in [3.63, 3.8) is 0 Å². The lowest BCUT2D eigenvalue weighted by atomic mass is 10.2. The van der Waals surface area contributed by atoms with Crippen LogP contribution in [0.4, 0.5) is 24.7 Å². The highest BCUT2D eigenvalue weighted by molar-refractivity contribution is 5.63. The lowest BCUT2D eigenvalue weighted by Crippen LogP contribution is -2.19. The van der Waals surface area contributed by atoms with Gasteiger partial charge in [0.05, 0.1) is 13.2 Å². The van der Waals surface area contributed by atoms with Gasteiger partial charge in [0.15, 0.2) is 5.82 Å². The number of alkyl halides is 3. The van der Waals surface area contributed by atoms with Gasteiger partial charge in [-0.3, -0.25) is 0 Å². The Hall–Kier alpha value is -2.51. The van der Waals surface area contributed by atoms with Crippen LogP contribution in [-0.2, 0) is 6.18 Å². The molecule has 0 aliphatic rings. The minimum atomic E-state index is -4.57. The molecule has 0 saturated carbocycles. The van der Waals surface area contributed by atoms with Crippen molar-refractivity contribution in [3.05, 3.63) is 36.0 Å². The quantitative estimate of drug-likeness (QED) is 0.734. The molecule has 0 saturated heterocycles. The van der Waals surface area contributed by atoms with Crippen LogP contribution in [0.15, 0.2) is 30.5 Å². The first-order valence-electron chi connectivity index (χ1n) is 7.90. The summed E-state index contributed by atoms with van der Waals surface area (Å²) in [5.41, 5.74) is -0.389. The predicted molar refractivity (Wildman–Crippen MR) is 88.5 cm³/mol. The first kappa shape index (κ1) is 18.8. The van der Waals surface area contributed by atoms with Gasteiger partial charge in [-0.25, -0.2) is 4.98 Å². The second-order valence-electron chi connectivity index (χ2n) is 5.22. The van der Waals surface area contributed by atoms with Gasteiger partial charge in [0.2, 0.25) is 0 Å². The topological polar surface area (TPSA) is 47.5 Å². The number of hydrogen-bond donors (Lipinski definition) is 0. The van der Waals surface area contributed by atoms with Crippen LogP contribution in [0.2, 0.25) is 0 Å². The van der Waals surface area contributed by atoms with Crippen molar-refractivity contribution < 1.29 is 22.6 Å². The fraction of sp³-hybridized carbons (Fsp3) is 0.412. The average molecular weight is 355 g/mol. The predicted octanol–water partition coefficient (Wildman–Crippen LogP) is 4.45. The molecule has 136 valence electrons. The Balaban J connectivity index is 2.35. The number of nitrogens with zero attached hydrogens (tertiary/aromatic N) is 3. The van der Waals surface area contributed by atoms with E-state index < -0.39 is 11.7 Å². The van der Waals surface area contributed by atoms with E-state index in [-0.39, 0.29) is 18.4 Å². The molecule has 25 heavy (non-hydrogen) atoms. The molecule has 2 aromatic rings. The Bertz CT molecular complexity index is 691. The van der Waals surface area contributed by atoms with E-state index in [0.717, 1.165) is 12.6 Å². The highest BCUT2D eigenvalue weighted by atomic mass is 19.4. The first-order chi connectivity index (χ1) is 11.9. The van der Waals surface area contributed by atoms with Crippen molar-refractivity contribution in [2.75, 3.05) is 25.2 Å². The summed E-state index contributed by atoms with van der Waals surface area (Å²) >= 11 is 0. The second-order valence-corrected chi connectivity index (χ2v) is 5.22. The highest BCUT2D eigenvalue weighted by Gasteiger charge is 2.36. The van der Waals surface area contributed by atoms with E-state index in [1.165, 1.54) is 11.9 Å². The van der Waals surface area contributed by atoms with Gasteiger partial charge in [0, 0.05) is 18.9 Å². The minimum Gasteiger partial charge on any atom is -0.494 e. The molecule has 0 bridgehead atoms. The third-order valence-electron chi connectivity index (χ3n) is 3.34. The van der Waals surface area contributed by atoms with Gasteiger partial charge in [-0.15, -0.1) is 0 Å². The molecule has 1 heterocycles. The molecule has 1 aromatic carbocycles. The lowest BCUT2D eigenvalue weighted by Gasteiger charge is -2.22. The smallest absolute Gasteiger partial charge is 0.421 e. The SMILES string of the molecule is CCCOc1ccc(N(C)c2nc(OCC)ncc2C(F)(F)F)cc1. The molecule has 0 unspecified atom stereocenters. The Kier molecular flexibility index (Phi) is 6.06. The molecule has 0 fully saturated rings. The van der Waals surface area contributed by atoms with Crippen molar-refractivity contribution >= 4 is 11.5 Å². The highest BCUT2D eigenvalue weighted by Crippen LogP contribution is 2.37. The number of benzene rings is 1. The minimum absolute atomic E-state index is 0.0970. The molecular formula is C17H20F3N3O2. The van der Waals surface area contributed by atoms with E-state index in [2.05, 4.69) is 9.97 Å². The third-order valence-corrected chi connectivity index (χ3v) is 3.34. The monoisotopic (exact) mass is 355 g/mol. The van der Waals surface area contributed by atoms with Crippen LogP contribution >= 0.6 is 0 Å². The fourth-order valence-corrected chi connectivity index (χ4v) is 2.12. The summed E-state index contributed by atoms with van der Waals surface area (Å²) < 4.78 is 50.4. The maximum absolute atomic E-state index is 13.3. The van der Waals surface area contributed by atoms with Crippen molar-refractivity contribution in [1.29, 1.82) is 0 Å². The summed E-state index contributed by atoms with van der Waals surface area (Å²) in [7, 11) is 1.51. The zero-order chi connectivity index (χ0) is 18.4. The summed E-state index contributed by atoms with van der Waals surface area (Å²) in [6.45, 7) is 4.54. The zero-order valence-electron chi connectivity index (χ0n) is 14.3. The number of ether oxygens (including phenoxy) is 2. The Morgan fingerprint density at radius 3 is 2.32 bits per heavy atom. The third kappa shape index (κ3) is 4.74. The van der Waals surface area contributed by atoms with E-state index in [1.807, 2.05) is 6.92 Å². The summed E-state index contributed by atoms with van der Waals surface area (Å²) in [5.74, 6) is 0.390. The number of anilines is 2. The average Bonchev–Trinajstić information content (AvgIpc) is 2.59. The van der Waals surface area contributed by atoms with Crippen LogP contribution in [0.5, 0.6) is 11.8 Å². The Morgan fingerprint density at radius 1 is 1.08 bits per heavy atom. The standard InChI is InChI=1S/C17H20F3N3O2/c1-4-10-25-13-8-6-12(7-9-13)23(3)15-14(17(18,19)20)11-21-16(22-15)24-5-2/h6-9,11H,4-5,10H2,1-3H3. The molecule has 5 nitrogen and oxygen atoms in total. The molecular weight excluding hydrogens is 335 g/mol. The lowest BCUT2D eigenvalue weighted by molar-refractivity contribution is -0.137. The number of halogens is 3. The Labute approximate surface area is 144 Å². The first-order valence-corrected chi connectivity index (χ1v) is 7.90. The Morgan fingerprint density at radius 2 is 1.76 bits per heavy atom. The number of rotatable bonds is 7. The van der Waals surface area contributed by atoms with Gasteiger partial charge in [0.25, 0.3) is 0 Å². The summed E-state index contributed by atoms with van der Waals surface area (Å²) in [6.07, 6.45) is -2.96. The fourth-order valence-electron chi connectivity index (χ4n) is 2.12. The van der Waals surface area contributed by atoms with Gasteiger partial charge in [-0.1, -0.05) is 6.92 Å². The van der Waals surface area contributed by atoms with Gasteiger partial charge >= 0.3 is 12.2 Å². The maximum atomic E-state index is 13.3. The van der Waals surface area contributed by atoms with Crippen LogP contribution < -0.4 is 14.4 Å². The second kappa shape index (κ2) is 8.04. The van der Waals surface area contributed by atoms with Gasteiger partial charge < -0.3 is 14.4 Å². The van der Waals surface area contributed by atoms with Crippen LogP contribution in [0.25, 0.3) is 0 Å². The van der Waals surface area contributed by atoms with Crippen molar-refractivity contribution in [3.8, 4) is 11.8 Å². The summed E-state index contributed by atoms with van der Waals surface area (Å²) in [4.78, 5) is 8.88. The molecule has 0 radical (unpaired) electrons. The molecule has 8 heteroatoms. The van der Waals surface area contributed by atoms with Crippen molar-refractivity contribution in [1.82, 2.24) is 9.97 Å². The van der Waals surface area contributed by atoms with E-state index in [1.54, 1.807) is 31.2 Å². The van der Waals surface area contributed by atoms with E-state index >= 15 is 0 Å². The van der Waals surface area contributed by atoms with Crippen LogP contribution in [0.1, 0.15) is 25.8 Å². The normalized spacial score (nSPS) is 11.3. The summed E-state index contributed by atoms with van der Waals surface area (Å²) in [5, 5.41) is 0. The van der Waals surface area contributed by atoms with Crippen molar-refractivity contribution in [2.45, 2.75) is 26.4 Å². The molecule has 1 aromatic heterocycles. The van der Waals surface area contributed by atoms with E-state index in [4.69, 9.17) is 9.47 Å². The maximum Gasteiger partial charge on any atom is 0.421 e. The van der Waals surface area contributed by atoms with Gasteiger partial charge in [0.1, 0.15) is 11.3 Å². The van der Waals surface area contributed by atoms with Crippen molar-refractivity contribution in [2.24, 2.45) is 0 Å². The van der Waals surface area contributed by atoms with Crippen LogP contribution in [0, 0.1) is 0 Å². The molecule has 0 aliphatic carbocycles. The van der Waals surface area contributed by atoms with Crippen LogP contribution in [0.3, 0.4) is 0 Å². The van der Waals surface area contributed by atoms with Crippen LogP contribution in [-0.4, -0.2) is 30.2 Å². The number of aromatic nitrogens is 2. The molecule has 0 amide bonds. The number of hydrogen-bond acceptors (Lipinski definition) is 5. The molecule has 2 rings (SSSR count). The molecule has 0 aliphatic heterocycles. The van der Waals surface area contributed by atoms with Gasteiger partial charge in [-0.05, 0) is 37.6 Å². The van der Waals surface area contributed by atoms with E-state index in [0.29, 0.717) is 18.0 Å². The van der Waals surface area contributed by atoms with E-state index in [9.17, 15) is 13.2 Å². The largest absolute Gasteiger partial charge is 0.494 e. The zero-order valence-corrected chi connectivity index (χ0v) is 14.3. The summed E-state index contributed by atoms with van der Waals surface area (Å²) in [6, 6.07) is 6.67. The molecule has 0 atom stereocenters. The molecule has 0 spiro atoms.